The van der Waals surface area contributed by atoms with E-state index in [-0.39, 0.29) is 63.8 Å². The number of ketones is 10. The van der Waals surface area contributed by atoms with E-state index in [0.717, 1.165) is 40.0 Å². The number of benzene rings is 5. The quantitative estimate of drug-likeness (QED) is 0.121. The van der Waals surface area contributed by atoms with Gasteiger partial charge in [-0.25, -0.2) is 0 Å². The molecule has 0 radical (unpaired) electrons. The number of hydrogen-bond donors (Lipinski definition) is 2. The van der Waals surface area contributed by atoms with Crippen molar-refractivity contribution < 1.29 is 58.2 Å². The van der Waals surface area contributed by atoms with Gasteiger partial charge in [0.25, 0.3) is 0 Å². The molecule has 10 rings (SSSR count). The Labute approximate surface area is 451 Å². The van der Waals surface area contributed by atoms with Gasteiger partial charge in [-0.2, -0.15) is 0 Å². The lowest BCUT2D eigenvalue weighted by atomic mass is 9.82. The first-order valence-corrected chi connectivity index (χ1v) is 26.2. The fourth-order valence-electron chi connectivity index (χ4n) is 9.11. The molecule has 5 aromatic carbocycles. The van der Waals surface area contributed by atoms with E-state index in [9.17, 15) is 58.2 Å². The van der Waals surface area contributed by atoms with Crippen molar-refractivity contribution in [2.75, 3.05) is 6.26 Å². The molecular weight excluding hydrogens is 993 g/mol. The fourth-order valence-corrected chi connectivity index (χ4v) is 9.73. The van der Waals surface area contributed by atoms with Gasteiger partial charge in [-0.05, 0) is 125 Å². The summed E-state index contributed by atoms with van der Waals surface area (Å²) in [5.74, 6) is -2.44. The van der Waals surface area contributed by atoms with Crippen LogP contribution >= 0.6 is 11.8 Å². The summed E-state index contributed by atoms with van der Waals surface area (Å²) in [6.07, 6.45) is 9.40. The molecule has 0 aromatic heterocycles. The van der Waals surface area contributed by atoms with Crippen LogP contribution in [0.5, 0.6) is 0 Å². The van der Waals surface area contributed by atoms with Crippen LogP contribution in [-0.4, -0.2) is 74.3 Å². The van der Waals surface area contributed by atoms with Gasteiger partial charge >= 0.3 is 0 Å². The zero-order chi connectivity index (χ0) is 56.7. The van der Waals surface area contributed by atoms with Gasteiger partial charge in [-0.15, -0.1) is 11.8 Å². The summed E-state index contributed by atoms with van der Waals surface area (Å²) in [4.78, 5) is 119. The first kappa shape index (κ1) is 57.7. The van der Waals surface area contributed by atoms with Crippen LogP contribution in [0, 0.1) is 13.8 Å². The summed E-state index contributed by atoms with van der Waals surface area (Å²) < 4.78 is 0. The highest BCUT2D eigenvalue weighted by Crippen LogP contribution is 2.35. The summed E-state index contributed by atoms with van der Waals surface area (Å²) in [7, 11) is 0. The lowest BCUT2D eigenvalue weighted by Crippen LogP contribution is -2.22. The van der Waals surface area contributed by atoms with E-state index in [1.165, 1.54) is 43.0 Å². The van der Waals surface area contributed by atoms with Crippen LogP contribution in [0.3, 0.4) is 0 Å². The van der Waals surface area contributed by atoms with Crippen molar-refractivity contribution in [1.82, 2.24) is 0 Å². The lowest BCUT2D eigenvalue weighted by Gasteiger charge is -2.20. The molecular formula is C64H58O12S. The van der Waals surface area contributed by atoms with Gasteiger partial charge in [-0.3, -0.25) is 47.9 Å². The standard InChI is InChI=1S/C18H16O2.C16H12O2S.C13H12O2.C9H10O4.C8H8O2/c1-3-11(2)12-8-9-15-16(10-12)18(20)14-7-5-4-6-13(14)17(15)19;1-9-5-3-6-10-13(9)15(17)11-7-4-8-12(19-2)14(11)16(10)18;1-3-9-5-4-8(2)12-10(14)6-7-11(15)13(9)12;1-3-5-8(12)6(10)4(2)7(11)9(5)13;1-5-3-8(10)6(2)4-7(5)9/h4-11H,3H2,1-2H3;3-8H,1-2H3;4-7H,3H2,1-2H3;10,13H,3H2,1-2H3;3-4H,1-2H3. The van der Waals surface area contributed by atoms with Crippen LogP contribution in [0.2, 0.25) is 0 Å². The number of carbonyl (C=O) groups excluding carboxylic acids is 10. The molecule has 0 saturated carbocycles. The number of Topliss-reactive ketones (excluding diaryl/α,β-unsaturated/α-hetero) is 2. The number of aliphatic hydroxyl groups excluding tert-OH is 2. The fraction of sp³-hybridized carbons (Fsp3) is 0.219. The first-order valence-electron chi connectivity index (χ1n) is 25.0. The second-order valence-electron chi connectivity index (χ2n) is 18.8. The third-order valence-corrected chi connectivity index (χ3v) is 14.6. The van der Waals surface area contributed by atoms with Crippen LogP contribution in [0.15, 0.2) is 154 Å². The summed E-state index contributed by atoms with van der Waals surface area (Å²) in [5, 5.41) is 18.5. The molecule has 0 aliphatic heterocycles. The monoisotopic (exact) mass is 1050 g/mol. The van der Waals surface area contributed by atoms with Crippen molar-refractivity contribution in [3.63, 3.8) is 0 Å². The Morgan fingerprint density at radius 3 is 1.52 bits per heavy atom. The first-order chi connectivity index (χ1) is 36.5. The van der Waals surface area contributed by atoms with Crippen LogP contribution in [0.4, 0.5) is 0 Å². The molecule has 2 N–H and O–H groups in total. The molecule has 5 aliphatic rings. The van der Waals surface area contributed by atoms with Gasteiger partial charge in [0.2, 0.25) is 11.6 Å². The highest BCUT2D eigenvalue weighted by molar-refractivity contribution is 7.98. The minimum Gasteiger partial charge on any atom is -0.504 e. The molecule has 12 nitrogen and oxygen atoms in total. The van der Waals surface area contributed by atoms with Gasteiger partial charge in [0, 0.05) is 82.8 Å². The Bertz CT molecular complexity index is 3540. The Kier molecular flexibility index (Phi) is 18.3. The van der Waals surface area contributed by atoms with Crippen LogP contribution in [0.25, 0.3) is 0 Å². The van der Waals surface area contributed by atoms with Crippen LogP contribution < -0.4 is 0 Å². The minimum atomic E-state index is -0.672. The van der Waals surface area contributed by atoms with Crippen molar-refractivity contribution in [2.45, 2.75) is 92.4 Å². The predicted octanol–water partition coefficient (Wildman–Crippen LogP) is 12.2. The number of aliphatic hydroxyl groups is 2. The van der Waals surface area contributed by atoms with Gasteiger partial charge in [0.05, 0.1) is 0 Å². The summed E-state index contributed by atoms with van der Waals surface area (Å²) in [6, 6.07) is 27.4. The maximum absolute atomic E-state index is 12.6. The minimum absolute atomic E-state index is 0.0203. The Morgan fingerprint density at radius 2 is 0.961 bits per heavy atom. The third-order valence-electron chi connectivity index (χ3n) is 13.9. The number of rotatable bonds is 5. The third kappa shape index (κ3) is 11.7. The van der Waals surface area contributed by atoms with Crippen LogP contribution in [0.1, 0.15) is 174 Å². The maximum Gasteiger partial charge on any atom is 0.227 e. The van der Waals surface area contributed by atoms with E-state index in [4.69, 9.17) is 0 Å². The van der Waals surface area contributed by atoms with Crippen LogP contribution in [-0.2, 0) is 25.6 Å². The molecule has 5 aromatic rings. The molecule has 0 heterocycles. The molecule has 77 heavy (non-hydrogen) atoms. The predicted molar refractivity (Wildman–Crippen MR) is 296 cm³/mol. The van der Waals surface area contributed by atoms with E-state index < -0.39 is 23.1 Å². The average Bonchev–Trinajstić information content (AvgIpc) is 3.43. The van der Waals surface area contributed by atoms with Crippen molar-refractivity contribution in [1.29, 1.82) is 0 Å². The number of fused-ring (bicyclic) bond motifs is 5. The van der Waals surface area contributed by atoms with Gasteiger partial charge in [-0.1, -0.05) is 107 Å². The van der Waals surface area contributed by atoms with E-state index in [1.807, 2.05) is 75.6 Å². The number of hydrogen-bond acceptors (Lipinski definition) is 13. The van der Waals surface area contributed by atoms with Gasteiger partial charge in [0.15, 0.2) is 57.8 Å². The van der Waals surface area contributed by atoms with E-state index >= 15 is 0 Å². The number of aryl methyl sites for hydroxylation is 3. The van der Waals surface area contributed by atoms with Crippen molar-refractivity contribution >= 4 is 69.6 Å². The summed E-state index contributed by atoms with van der Waals surface area (Å²) in [5.41, 5.74) is 10.2. The molecule has 0 bridgehead atoms. The molecule has 0 spiro atoms. The molecule has 5 aliphatic carbocycles. The Hall–Kier alpha value is -8.55. The Morgan fingerprint density at radius 1 is 0.455 bits per heavy atom. The molecule has 0 fully saturated rings. The number of allylic oxidation sites excluding steroid dienone is 8. The van der Waals surface area contributed by atoms with E-state index in [0.29, 0.717) is 72.7 Å². The lowest BCUT2D eigenvalue weighted by molar-refractivity contribution is -0.120. The van der Waals surface area contributed by atoms with Gasteiger partial charge in [0.1, 0.15) is 0 Å². The largest absolute Gasteiger partial charge is 0.504 e. The zero-order valence-corrected chi connectivity index (χ0v) is 45.4. The van der Waals surface area contributed by atoms with Gasteiger partial charge < -0.3 is 10.2 Å². The second kappa shape index (κ2) is 24.4. The Balaban J connectivity index is 0.000000159. The van der Waals surface area contributed by atoms with Crippen molar-refractivity contribution in [3.8, 4) is 0 Å². The van der Waals surface area contributed by atoms with Crippen molar-refractivity contribution in [2.24, 2.45) is 0 Å². The second-order valence-corrected chi connectivity index (χ2v) is 19.6. The highest BCUT2D eigenvalue weighted by Gasteiger charge is 2.34. The summed E-state index contributed by atoms with van der Waals surface area (Å²) in [6.45, 7) is 16.2. The average molecular weight is 1050 g/mol. The molecule has 0 amide bonds. The smallest absolute Gasteiger partial charge is 0.227 e. The maximum atomic E-state index is 12.6. The number of thioether (sulfide) groups is 1. The topological polar surface area (TPSA) is 211 Å². The van der Waals surface area contributed by atoms with E-state index in [1.54, 1.807) is 63.2 Å². The normalized spacial score (nSPS) is 15.4. The molecule has 0 saturated heterocycles. The van der Waals surface area contributed by atoms with Crippen molar-refractivity contribution in [3.05, 3.63) is 227 Å². The number of carbonyl (C=O) groups is 10. The molecule has 13 heteroatoms. The molecule has 1 atom stereocenters. The molecule has 1 unspecified atom stereocenters. The summed E-state index contributed by atoms with van der Waals surface area (Å²) >= 11 is 1.50. The van der Waals surface area contributed by atoms with E-state index in [2.05, 4.69) is 13.8 Å². The molecule has 392 valence electrons. The SMILES string of the molecule is CC1=CC(=O)C(C)=CC1=O.CCC(C)c1ccc2c(c1)C(=O)c1ccccc1C2=O.CCC1=C(O)C(=O)C(C)=C(O)C1=O.CCc1ccc(C)c2c1C(=O)C=CC2=O.CSc1cccc2c1C(=O)c1cccc(C)c1C2=O. The highest BCUT2D eigenvalue weighted by atomic mass is 32.2. The zero-order valence-electron chi connectivity index (χ0n) is 44.6.